The first-order valence-electron chi connectivity index (χ1n) is 6.63. The summed E-state index contributed by atoms with van der Waals surface area (Å²) in [5.74, 6) is 0.148. The topological polar surface area (TPSA) is 74.8 Å². The van der Waals surface area contributed by atoms with Crippen molar-refractivity contribution in [1.82, 2.24) is 9.97 Å². The number of hydrogen-bond donors (Lipinski definition) is 2. The largest absolute Gasteiger partial charge is 0.348 e. The number of benzene rings is 1. The number of nitrogens with one attached hydrogen (secondary N) is 2. The monoisotopic (exact) mass is 293 g/mol. The highest BCUT2D eigenvalue weighted by Crippen LogP contribution is 2.23. The molecule has 0 bridgehead atoms. The van der Waals surface area contributed by atoms with Crippen LogP contribution < -0.4 is 4.72 Å². The number of anilines is 1. The summed E-state index contributed by atoms with van der Waals surface area (Å²) < 4.78 is 26.4. The molecule has 1 heterocycles. The van der Waals surface area contributed by atoms with Gasteiger partial charge in [-0.1, -0.05) is 25.5 Å². The Morgan fingerprint density at radius 1 is 1.35 bits per heavy atom. The number of aryl methyl sites for hydroxylation is 1. The summed E-state index contributed by atoms with van der Waals surface area (Å²) in [6.45, 7) is 3.90. The summed E-state index contributed by atoms with van der Waals surface area (Å²) in [6, 6.07) is 7.27. The van der Waals surface area contributed by atoms with E-state index in [1.54, 1.807) is 18.5 Å². The molecule has 0 spiro atoms. The van der Waals surface area contributed by atoms with Crippen molar-refractivity contribution in [3.8, 4) is 11.3 Å². The SMILES string of the molecule is CCCCS(=O)(=O)Nc1cccc(-c2nc[nH]c2C)c1. The lowest BCUT2D eigenvalue weighted by molar-refractivity contribution is 0.598. The zero-order chi connectivity index (χ0) is 14.6. The Morgan fingerprint density at radius 2 is 2.15 bits per heavy atom. The third-order valence-corrected chi connectivity index (χ3v) is 4.38. The Kier molecular flexibility index (Phi) is 4.44. The molecule has 0 unspecified atom stereocenters. The number of nitrogens with zero attached hydrogens (tertiary/aromatic N) is 1. The molecule has 2 rings (SSSR count). The van der Waals surface area contributed by atoms with Crippen molar-refractivity contribution in [3.63, 3.8) is 0 Å². The van der Waals surface area contributed by atoms with Crippen molar-refractivity contribution in [1.29, 1.82) is 0 Å². The zero-order valence-corrected chi connectivity index (χ0v) is 12.5. The summed E-state index contributed by atoms with van der Waals surface area (Å²) >= 11 is 0. The standard InChI is InChI=1S/C14H19N3O2S/c1-3-4-8-20(18,19)17-13-7-5-6-12(9-13)14-11(2)15-10-16-14/h5-7,9-10,17H,3-4,8H2,1-2H3,(H,15,16). The second-order valence-corrected chi connectivity index (χ2v) is 6.57. The lowest BCUT2D eigenvalue weighted by atomic mass is 10.1. The van der Waals surface area contributed by atoms with Gasteiger partial charge in [0, 0.05) is 16.9 Å². The van der Waals surface area contributed by atoms with Crippen LogP contribution in [0.5, 0.6) is 0 Å². The Bertz CT molecular complexity index is 677. The highest BCUT2D eigenvalue weighted by molar-refractivity contribution is 7.92. The summed E-state index contributed by atoms with van der Waals surface area (Å²) in [5, 5.41) is 0. The van der Waals surface area contributed by atoms with Crippen molar-refractivity contribution in [2.75, 3.05) is 10.5 Å². The van der Waals surface area contributed by atoms with Gasteiger partial charge in [0.15, 0.2) is 0 Å². The molecular weight excluding hydrogens is 274 g/mol. The number of hydrogen-bond acceptors (Lipinski definition) is 3. The van der Waals surface area contributed by atoms with E-state index in [2.05, 4.69) is 14.7 Å². The fourth-order valence-electron chi connectivity index (χ4n) is 1.94. The van der Waals surface area contributed by atoms with E-state index >= 15 is 0 Å². The lowest BCUT2D eigenvalue weighted by Gasteiger charge is -2.08. The smallest absolute Gasteiger partial charge is 0.232 e. The minimum absolute atomic E-state index is 0.148. The molecule has 0 amide bonds. The number of aromatic amines is 1. The Balaban J connectivity index is 2.21. The molecule has 0 aliphatic carbocycles. The molecule has 0 aliphatic heterocycles. The maximum atomic E-state index is 11.9. The van der Waals surface area contributed by atoms with Crippen molar-refractivity contribution in [2.24, 2.45) is 0 Å². The Hall–Kier alpha value is -1.82. The Morgan fingerprint density at radius 3 is 2.80 bits per heavy atom. The molecule has 0 saturated carbocycles. The molecule has 0 atom stereocenters. The summed E-state index contributed by atoms with van der Waals surface area (Å²) in [4.78, 5) is 7.25. The fourth-order valence-corrected chi connectivity index (χ4v) is 3.20. The highest BCUT2D eigenvalue weighted by atomic mass is 32.2. The average molecular weight is 293 g/mol. The van der Waals surface area contributed by atoms with E-state index in [1.165, 1.54) is 0 Å². The van der Waals surface area contributed by atoms with Crippen molar-refractivity contribution >= 4 is 15.7 Å². The van der Waals surface area contributed by atoms with Crippen LogP contribution in [0.1, 0.15) is 25.5 Å². The predicted molar refractivity (Wildman–Crippen MR) is 81.1 cm³/mol. The van der Waals surface area contributed by atoms with E-state index in [-0.39, 0.29) is 5.75 Å². The van der Waals surface area contributed by atoms with Crippen molar-refractivity contribution < 1.29 is 8.42 Å². The first kappa shape index (κ1) is 14.6. The van der Waals surface area contributed by atoms with Gasteiger partial charge in [-0.15, -0.1) is 0 Å². The lowest BCUT2D eigenvalue weighted by Crippen LogP contribution is -2.16. The van der Waals surface area contributed by atoms with Crippen LogP contribution in [0.4, 0.5) is 5.69 Å². The van der Waals surface area contributed by atoms with E-state index < -0.39 is 10.0 Å². The average Bonchev–Trinajstić information content (AvgIpc) is 2.82. The quantitative estimate of drug-likeness (QED) is 0.860. The van der Waals surface area contributed by atoms with Crippen LogP contribution in [0, 0.1) is 6.92 Å². The van der Waals surface area contributed by atoms with Gasteiger partial charge in [-0.3, -0.25) is 4.72 Å². The summed E-state index contributed by atoms with van der Waals surface area (Å²) in [5.41, 5.74) is 3.25. The van der Waals surface area contributed by atoms with E-state index in [0.717, 1.165) is 23.4 Å². The molecule has 0 saturated heterocycles. The normalized spacial score (nSPS) is 11.5. The van der Waals surface area contributed by atoms with Gasteiger partial charge in [0.2, 0.25) is 10.0 Å². The first-order valence-corrected chi connectivity index (χ1v) is 8.28. The predicted octanol–water partition coefficient (Wildman–Crippen LogP) is 2.93. The second-order valence-electron chi connectivity index (χ2n) is 4.73. The van der Waals surface area contributed by atoms with E-state index in [4.69, 9.17) is 0 Å². The summed E-state index contributed by atoms with van der Waals surface area (Å²) in [6.07, 6.45) is 3.14. The molecule has 0 aliphatic rings. The number of rotatable bonds is 6. The number of aromatic nitrogens is 2. The van der Waals surface area contributed by atoms with Gasteiger partial charge in [-0.05, 0) is 25.5 Å². The van der Waals surface area contributed by atoms with Crippen LogP contribution in [0.3, 0.4) is 0 Å². The van der Waals surface area contributed by atoms with Gasteiger partial charge < -0.3 is 4.98 Å². The number of unbranched alkanes of at least 4 members (excludes halogenated alkanes) is 1. The molecule has 0 radical (unpaired) electrons. The minimum atomic E-state index is -3.27. The molecule has 20 heavy (non-hydrogen) atoms. The maximum absolute atomic E-state index is 11.9. The van der Waals surface area contributed by atoms with Crippen LogP contribution >= 0.6 is 0 Å². The van der Waals surface area contributed by atoms with Crippen LogP contribution in [-0.2, 0) is 10.0 Å². The van der Waals surface area contributed by atoms with Crippen LogP contribution in [0.25, 0.3) is 11.3 Å². The van der Waals surface area contributed by atoms with Crippen LogP contribution in [0.2, 0.25) is 0 Å². The van der Waals surface area contributed by atoms with Gasteiger partial charge in [0.05, 0.1) is 17.8 Å². The molecule has 1 aromatic heterocycles. The van der Waals surface area contributed by atoms with Gasteiger partial charge >= 0.3 is 0 Å². The van der Waals surface area contributed by atoms with Gasteiger partial charge in [0.1, 0.15) is 0 Å². The van der Waals surface area contributed by atoms with Gasteiger partial charge in [-0.2, -0.15) is 0 Å². The number of sulfonamides is 1. The molecule has 5 nitrogen and oxygen atoms in total. The Labute approximate surface area is 119 Å². The third kappa shape index (κ3) is 3.60. The van der Waals surface area contributed by atoms with E-state index in [0.29, 0.717) is 12.1 Å². The van der Waals surface area contributed by atoms with Crippen LogP contribution in [-0.4, -0.2) is 24.1 Å². The van der Waals surface area contributed by atoms with E-state index in [9.17, 15) is 8.42 Å². The van der Waals surface area contributed by atoms with Crippen molar-refractivity contribution in [3.05, 3.63) is 36.3 Å². The molecule has 108 valence electrons. The molecule has 1 aromatic carbocycles. The fraction of sp³-hybridized carbons (Fsp3) is 0.357. The molecule has 2 aromatic rings. The third-order valence-electron chi connectivity index (χ3n) is 3.01. The van der Waals surface area contributed by atoms with Gasteiger partial charge in [-0.25, -0.2) is 13.4 Å². The minimum Gasteiger partial charge on any atom is -0.348 e. The highest BCUT2D eigenvalue weighted by Gasteiger charge is 2.11. The molecule has 6 heteroatoms. The summed E-state index contributed by atoms with van der Waals surface area (Å²) in [7, 11) is -3.27. The molecule has 2 N–H and O–H groups in total. The number of H-pyrrole nitrogens is 1. The van der Waals surface area contributed by atoms with Gasteiger partial charge in [0.25, 0.3) is 0 Å². The maximum Gasteiger partial charge on any atom is 0.232 e. The molecular formula is C14H19N3O2S. The zero-order valence-electron chi connectivity index (χ0n) is 11.7. The van der Waals surface area contributed by atoms with Crippen molar-refractivity contribution in [2.45, 2.75) is 26.7 Å². The first-order chi connectivity index (χ1) is 9.52. The van der Waals surface area contributed by atoms with E-state index in [1.807, 2.05) is 26.0 Å². The van der Waals surface area contributed by atoms with Crippen LogP contribution in [0.15, 0.2) is 30.6 Å². The number of imidazole rings is 1. The molecule has 0 fully saturated rings. The second kappa shape index (κ2) is 6.09.